The van der Waals surface area contributed by atoms with Crippen molar-refractivity contribution in [3.63, 3.8) is 0 Å². The van der Waals surface area contributed by atoms with Crippen molar-refractivity contribution in [3.8, 4) is 0 Å². The van der Waals surface area contributed by atoms with Crippen molar-refractivity contribution in [3.05, 3.63) is 35.4 Å². The summed E-state index contributed by atoms with van der Waals surface area (Å²) in [6.07, 6.45) is 2.48. The van der Waals surface area contributed by atoms with E-state index in [0.717, 1.165) is 13.1 Å². The van der Waals surface area contributed by atoms with Crippen LogP contribution in [0.1, 0.15) is 37.4 Å². The predicted molar refractivity (Wildman–Crippen MR) is 77.8 cm³/mol. The van der Waals surface area contributed by atoms with Gasteiger partial charge in [-0.1, -0.05) is 38.1 Å². The zero-order valence-electron chi connectivity index (χ0n) is 12.2. The molecule has 0 spiro atoms. The van der Waals surface area contributed by atoms with Crippen LogP contribution in [0, 0.1) is 5.41 Å². The van der Waals surface area contributed by atoms with Crippen LogP contribution in [0.15, 0.2) is 24.3 Å². The molecule has 0 aliphatic heterocycles. The van der Waals surface area contributed by atoms with E-state index in [1.807, 2.05) is 0 Å². The van der Waals surface area contributed by atoms with Crippen molar-refractivity contribution in [2.45, 2.75) is 32.7 Å². The van der Waals surface area contributed by atoms with Crippen LogP contribution >= 0.6 is 0 Å². The van der Waals surface area contributed by atoms with Crippen LogP contribution in [0.5, 0.6) is 0 Å². The largest absolute Gasteiger partial charge is 0.308 e. The molecule has 1 aliphatic rings. The minimum Gasteiger partial charge on any atom is -0.308 e. The highest BCUT2D eigenvalue weighted by Crippen LogP contribution is 2.43. The molecule has 1 N–H and O–H groups in total. The van der Waals surface area contributed by atoms with Crippen LogP contribution in [-0.2, 0) is 6.42 Å². The lowest BCUT2D eigenvalue weighted by Gasteiger charge is -2.41. The highest BCUT2D eigenvalue weighted by Gasteiger charge is 2.35. The van der Waals surface area contributed by atoms with E-state index in [1.165, 1.54) is 24.0 Å². The molecule has 0 saturated carbocycles. The Bertz CT molecular complexity index is 396. The first-order chi connectivity index (χ1) is 8.50. The Morgan fingerprint density at radius 3 is 2.72 bits per heavy atom. The normalized spacial score (nSPS) is 21.9. The second-order valence-electron chi connectivity index (χ2n) is 6.38. The average Bonchev–Trinajstić information content (AvgIpc) is 2.31. The second kappa shape index (κ2) is 5.41. The molecule has 2 nitrogen and oxygen atoms in total. The van der Waals surface area contributed by atoms with Crippen molar-refractivity contribution in [2.24, 2.45) is 5.41 Å². The number of hydrogen-bond acceptors (Lipinski definition) is 2. The lowest BCUT2D eigenvalue weighted by Crippen LogP contribution is -2.40. The van der Waals surface area contributed by atoms with Gasteiger partial charge in [-0.15, -0.1) is 0 Å². The summed E-state index contributed by atoms with van der Waals surface area (Å²) in [4.78, 5) is 2.23. The third-order valence-corrected chi connectivity index (χ3v) is 4.09. The molecule has 1 unspecified atom stereocenters. The molecule has 2 heteroatoms. The lowest BCUT2D eigenvalue weighted by atomic mass is 9.70. The number of benzene rings is 1. The number of nitrogens with zero attached hydrogens (tertiary/aromatic N) is 1. The molecule has 1 aliphatic carbocycles. The fourth-order valence-electron chi connectivity index (χ4n) is 2.88. The molecule has 18 heavy (non-hydrogen) atoms. The first kappa shape index (κ1) is 13.6. The van der Waals surface area contributed by atoms with E-state index in [2.05, 4.69) is 62.4 Å². The van der Waals surface area contributed by atoms with Gasteiger partial charge in [-0.2, -0.15) is 0 Å². The van der Waals surface area contributed by atoms with Gasteiger partial charge in [0.25, 0.3) is 0 Å². The quantitative estimate of drug-likeness (QED) is 0.879. The molecule has 1 aromatic rings. The zero-order valence-corrected chi connectivity index (χ0v) is 12.2. The molecule has 1 atom stereocenters. The average molecular weight is 246 g/mol. The van der Waals surface area contributed by atoms with E-state index in [-0.39, 0.29) is 0 Å². The van der Waals surface area contributed by atoms with Crippen molar-refractivity contribution in [1.29, 1.82) is 0 Å². The standard InChI is InChI=1S/C16H26N2/c1-16(2)10-9-13-7-5-6-8-14(13)15(16)17-11-12-18(3)4/h5-8,15,17H,9-12H2,1-4H3. The molecule has 100 valence electrons. The fourth-order valence-corrected chi connectivity index (χ4v) is 2.88. The Kier molecular flexibility index (Phi) is 4.08. The molecule has 0 heterocycles. The van der Waals surface area contributed by atoms with Crippen LogP contribution in [0.3, 0.4) is 0 Å². The fraction of sp³-hybridized carbons (Fsp3) is 0.625. The number of rotatable bonds is 4. The monoisotopic (exact) mass is 246 g/mol. The number of likely N-dealkylation sites (N-methyl/N-ethyl adjacent to an activating group) is 1. The first-order valence-corrected chi connectivity index (χ1v) is 6.96. The smallest absolute Gasteiger partial charge is 0.0375 e. The Balaban J connectivity index is 2.14. The topological polar surface area (TPSA) is 15.3 Å². The maximum atomic E-state index is 3.76. The van der Waals surface area contributed by atoms with Gasteiger partial charge in [0.2, 0.25) is 0 Å². The Morgan fingerprint density at radius 1 is 1.28 bits per heavy atom. The summed E-state index contributed by atoms with van der Waals surface area (Å²) >= 11 is 0. The Labute approximate surface area is 111 Å². The molecule has 0 amide bonds. The van der Waals surface area contributed by atoms with Gasteiger partial charge in [-0.25, -0.2) is 0 Å². The maximum Gasteiger partial charge on any atom is 0.0375 e. The summed E-state index contributed by atoms with van der Waals surface area (Å²) in [6.45, 7) is 6.91. The molecule has 2 rings (SSSR count). The van der Waals surface area contributed by atoms with Crippen molar-refractivity contribution < 1.29 is 0 Å². The van der Waals surface area contributed by atoms with E-state index in [0.29, 0.717) is 11.5 Å². The highest BCUT2D eigenvalue weighted by molar-refractivity contribution is 5.34. The number of nitrogens with one attached hydrogen (secondary N) is 1. The van der Waals surface area contributed by atoms with Gasteiger partial charge in [-0.3, -0.25) is 0 Å². The van der Waals surface area contributed by atoms with Crippen LogP contribution in [-0.4, -0.2) is 32.1 Å². The van der Waals surface area contributed by atoms with E-state index in [9.17, 15) is 0 Å². The number of aryl methyl sites for hydroxylation is 1. The minimum atomic E-state index is 0.348. The Hall–Kier alpha value is -0.860. The van der Waals surface area contributed by atoms with Gasteiger partial charge in [0.1, 0.15) is 0 Å². The predicted octanol–water partition coefficient (Wildman–Crippen LogP) is 2.85. The number of hydrogen-bond donors (Lipinski definition) is 1. The van der Waals surface area contributed by atoms with E-state index >= 15 is 0 Å². The van der Waals surface area contributed by atoms with Crippen molar-refractivity contribution in [2.75, 3.05) is 27.2 Å². The van der Waals surface area contributed by atoms with Crippen LogP contribution in [0.2, 0.25) is 0 Å². The summed E-state index contributed by atoms with van der Waals surface area (Å²) in [5, 5.41) is 3.76. The lowest BCUT2D eigenvalue weighted by molar-refractivity contribution is 0.205. The molecule has 1 aromatic carbocycles. The van der Waals surface area contributed by atoms with E-state index in [4.69, 9.17) is 0 Å². The second-order valence-corrected chi connectivity index (χ2v) is 6.38. The maximum absolute atomic E-state index is 3.76. The Morgan fingerprint density at radius 2 is 2.00 bits per heavy atom. The highest BCUT2D eigenvalue weighted by atomic mass is 15.1. The summed E-state index contributed by atoms with van der Waals surface area (Å²) in [5.41, 5.74) is 3.38. The summed E-state index contributed by atoms with van der Waals surface area (Å²) in [6, 6.07) is 9.39. The van der Waals surface area contributed by atoms with Gasteiger partial charge in [0.05, 0.1) is 0 Å². The first-order valence-electron chi connectivity index (χ1n) is 6.96. The van der Waals surface area contributed by atoms with Crippen LogP contribution in [0.25, 0.3) is 0 Å². The zero-order chi connectivity index (χ0) is 13.2. The van der Waals surface area contributed by atoms with Gasteiger partial charge in [0, 0.05) is 19.1 Å². The van der Waals surface area contributed by atoms with Crippen molar-refractivity contribution in [1.82, 2.24) is 10.2 Å². The summed E-state index contributed by atoms with van der Waals surface area (Å²) < 4.78 is 0. The van der Waals surface area contributed by atoms with Gasteiger partial charge >= 0.3 is 0 Å². The van der Waals surface area contributed by atoms with Crippen LogP contribution in [0.4, 0.5) is 0 Å². The van der Waals surface area contributed by atoms with E-state index in [1.54, 1.807) is 0 Å². The van der Waals surface area contributed by atoms with Crippen LogP contribution < -0.4 is 5.32 Å². The SMILES string of the molecule is CN(C)CCNC1c2ccccc2CCC1(C)C. The van der Waals surface area contributed by atoms with Gasteiger partial charge in [0.15, 0.2) is 0 Å². The summed E-state index contributed by atoms with van der Waals surface area (Å²) in [7, 11) is 4.25. The molecular weight excluding hydrogens is 220 g/mol. The number of fused-ring (bicyclic) bond motifs is 1. The molecule has 0 saturated heterocycles. The summed E-state index contributed by atoms with van der Waals surface area (Å²) in [5.74, 6) is 0. The molecular formula is C16H26N2. The third-order valence-electron chi connectivity index (χ3n) is 4.09. The third kappa shape index (κ3) is 2.93. The molecule has 0 radical (unpaired) electrons. The van der Waals surface area contributed by atoms with Crippen molar-refractivity contribution >= 4 is 0 Å². The minimum absolute atomic E-state index is 0.348. The molecule has 0 bridgehead atoms. The van der Waals surface area contributed by atoms with Gasteiger partial charge < -0.3 is 10.2 Å². The van der Waals surface area contributed by atoms with Gasteiger partial charge in [-0.05, 0) is 43.5 Å². The van der Waals surface area contributed by atoms with E-state index < -0.39 is 0 Å². The molecule has 0 fully saturated rings. The molecule has 0 aromatic heterocycles.